The number of hydrogen-bond donors (Lipinski definition) is 1. The van der Waals surface area contributed by atoms with Crippen LogP contribution in [0.4, 0.5) is 0 Å². The maximum Gasteiger partial charge on any atom is 0.0645 e. The Morgan fingerprint density at radius 2 is 2.11 bits per heavy atom. The molecule has 1 saturated carbocycles. The minimum Gasteiger partial charge on any atom is -0.312 e. The van der Waals surface area contributed by atoms with Crippen LogP contribution >= 0.6 is 0 Å². The highest BCUT2D eigenvalue weighted by Crippen LogP contribution is 2.36. The molecule has 1 aliphatic carbocycles. The molecular formula is C16H21N3. The molecule has 0 radical (unpaired) electrons. The lowest BCUT2D eigenvalue weighted by molar-refractivity contribution is 0.461. The van der Waals surface area contributed by atoms with Crippen LogP contribution in [0.1, 0.15) is 25.3 Å². The van der Waals surface area contributed by atoms with Gasteiger partial charge in [-0.05, 0) is 55.0 Å². The summed E-state index contributed by atoms with van der Waals surface area (Å²) in [5.74, 6) is 1.80. The molecule has 19 heavy (non-hydrogen) atoms. The lowest BCUT2D eigenvalue weighted by atomic mass is 10.1. The molecule has 2 aromatic rings. The molecule has 1 fully saturated rings. The lowest BCUT2D eigenvalue weighted by Crippen LogP contribution is -2.21. The van der Waals surface area contributed by atoms with Gasteiger partial charge in [0.15, 0.2) is 0 Å². The summed E-state index contributed by atoms with van der Waals surface area (Å²) in [5.41, 5.74) is 2.44. The van der Waals surface area contributed by atoms with E-state index in [1.54, 1.807) is 6.20 Å². The SMILES string of the molecule is CC(CNCc1ccc(-n2cccn2)cc1)C1CC1. The third-order valence-corrected chi connectivity index (χ3v) is 3.93. The zero-order valence-electron chi connectivity index (χ0n) is 11.4. The Morgan fingerprint density at radius 3 is 2.74 bits per heavy atom. The molecule has 0 bridgehead atoms. The van der Waals surface area contributed by atoms with Gasteiger partial charge in [0.1, 0.15) is 0 Å². The Bertz CT molecular complexity index is 497. The Balaban J connectivity index is 1.51. The fourth-order valence-corrected chi connectivity index (χ4v) is 2.46. The summed E-state index contributed by atoms with van der Waals surface area (Å²) in [6.45, 7) is 4.44. The van der Waals surface area contributed by atoms with Crippen molar-refractivity contribution in [1.29, 1.82) is 0 Å². The van der Waals surface area contributed by atoms with Crippen molar-refractivity contribution in [3.8, 4) is 5.69 Å². The Kier molecular flexibility index (Phi) is 3.65. The van der Waals surface area contributed by atoms with Crippen LogP contribution in [-0.2, 0) is 6.54 Å². The van der Waals surface area contributed by atoms with E-state index in [4.69, 9.17) is 0 Å². The van der Waals surface area contributed by atoms with E-state index in [-0.39, 0.29) is 0 Å². The number of nitrogens with zero attached hydrogens (tertiary/aromatic N) is 2. The fourth-order valence-electron chi connectivity index (χ4n) is 2.46. The maximum absolute atomic E-state index is 4.23. The van der Waals surface area contributed by atoms with Crippen molar-refractivity contribution in [2.75, 3.05) is 6.54 Å². The molecule has 3 nitrogen and oxygen atoms in total. The predicted molar refractivity (Wildman–Crippen MR) is 77.2 cm³/mol. The van der Waals surface area contributed by atoms with Crippen LogP contribution in [0, 0.1) is 11.8 Å². The summed E-state index contributed by atoms with van der Waals surface area (Å²) >= 11 is 0. The van der Waals surface area contributed by atoms with E-state index in [9.17, 15) is 0 Å². The van der Waals surface area contributed by atoms with Crippen molar-refractivity contribution in [3.63, 3.8) is 0 Å². The minimum absolute atomic E-state index is 0.823. The number of rotatable bonds is 6. The smallest absolute Gasteiger partial charge is 0.0645 e. The monoisotopic (exact) mass is 255 g/mol. The quantitative estimate of drug-likeness (QED) is 0.860. The number of benzene rings is 1. The van der Waals surface area contributed by atoms with Crippen LogP contribution in [0.15, 0.2) is 42.7 Å². The first-order valence-electron chi connectivity index (χ1n) is 7.12. The average Bonchev–Trinajstić information content (AvgIpc) is 3.15. The molecule has 3 rings (SSSR count). The molecule has 3 heteroatoms. The van der Waals surface area contributed by atoms with Gasteiger partial charge in [-0.2, -0.15) is 5.10 Å². The van der Waals surface area contributed by atoms with Gasteiger partial charge >= 0.3 is 0 Å². The molecule has 1 N–H and O–H groups in total. The van der Waals surface area contributed by atoms with Gasteiger partial charge in [-0.3, -0.25) is 0 Å². The van der Waals surface area contributed by atoms with Gasteiger partial charge in [0.25, 0.3) is 0 Å². The van der Waals surface area contributed by atoms with Crippen molar-refractivity contribution in [2.24, 2.45) is 11.8 Å². The Morgan fingerprint density at radius 1 is 1.32 bits per heavy atom. The molecule has 100 valence electrons. The van der Waals surface area contributed by atoms with Crippen LogP contribution in [0.5, 0.6) is 0 Å². The first kappa shape index (κ1) is 12.4. The molecule has 1 aliphatic rings. The van der Waals surface area contributed by atoms with Crippen LogP contribution in [-0.4, -0.2) is 16.3 Å². The van der Waals surface area contributed by atoms with Gasteiger partial charge in [-0.1, -0.05) is 19.1 Å². The van der Waals surface area contributed by atoms with Crippen LogP contribution < -0.4 is 5.32 Å². The molecule has 1 atom stereocenters. The largest absolute Gasteiger partial charge is 0.312 e. The Hall–Kier alpha value is -1.61. The fraction of sp³-hybridized carbons (Fsp3) is 0.438. The van der Waals surface area contributed by atoms with Crippen molar-refractivity contribution >= 4 is 0 Å². The molecule has 1 heterocycles. The van der Waals surface area contributed by atoms with E-state index in [1.165, 1.54) is 18.4 Å². The first-order chi connectivity index (χ1) is 9.33. The third kappa shape index (κ3) is 3.24. The highest BCUT2D eigenvalue weighted by molar-refractivity contribution is 5.33. The van der Waals surface area contributed by atoms with Crippen molar-refractivity contribution in [3.05, 3.63) is 48.3 Å². The van der Waals surface area contributed by atoms with E-state index in [0.717, 1.165) is 30.6 Å². The maximum atomic E-state index is 4.23. The third-order valence-electron chi connectivity index (χ3n) is 3.93. The van der Waals surface area contributed by atoms with E-state index in [0.29, 0.717) is 0 Å². The molecule has 1 aromatic carbocycles. The number of nitrogens with one attached hydrogen (secondary N) is 1. The zero-order valence-corrected chi connectivity index (χ0v) is 11.4. The van der Waals surface area contributed by atoms with Gasteiger partial charge in [-0.15, -0.1) is 0 Å². The van der Waals surface area contributed by atoms with Gasteiger partial charge in [-0.25, -0.2) is 4.68 Å². The molecular weight excluding hydrogens is 234 g/mol. The minimum atomic E-state index is 0.823. The molecule has 0 amide bonds. The van der Waals surface area contributed by atoms with E-state index in [2.05, 4.69) is 41.6 Å². The summed E-state index contributed by atoms with van der Waals surface area (Å²) in [5, 5.41) is 7.78. The highest BCUT2D eigenvalue weighted by atomic mass is 15.3. The van der Waals surface area contributed by atoms with Gasteiger partial charge < -0.3 is 5.32 Å². The molecule has 0 spiro atoms. The summed E-state index contributed by atoms with van der Waals surface area (Å²) in [6, 6.07) is 10.5. The predicted octanol–water partition coefficient (Wildman–Crippen LogP) is 3.01. The van der Waals surface area contributed by atoms with Gasteiger partial charge in [0.2, 0.25) is 0 Å². The summed E-state index contributed by atoms with van der Waals surface area (Å²) < 4.78 is 1.88. The van der Waals surface area contributed by atoms with E-state index >= 15 is 0 Å². The molecule has 1 aromatic heterocycles. The van der Waals surface area contributed by atoms with Crippen LogP contribution in [0.3, 0.4) is 0 Å². The average molecular weight is 255 g/mol. The normalized spacial score (nSPS) is 16.5. The summed E-state index contributed by atoms with van der Waals surface area (Å²) in [7, 11) is 0. The first-order valence-corrected chi connectivity index (χ1v) is 7.12. The van der Waals surface area contributed by atoms with Crippen molar-refractivity contribution < 1.29 is 0 Å². The molecule has 1 unspecified atom stereocenters. The molecule has 0 saturated heterocycles. The van der Waals surface area contributed by atoms with Gasteiger partial charge in [0.05, 0.1) is 5.69 Å². The van der Waals surface area contributed by atoms with E-state index < -0.39 is 0 Å². The number of hydrogen-bond acceptors (Lipinski definition) is 2. The second-order valence-corrected chi connectivity index (χ2v) is 5.56. The summed E-state index contributed by atoms with van der Waals surface area (Å²) in [6.07, 6.45) is 6.63. The lowest BCUT2D eigenvalue weighted by Gasteiger charge is -2.11. The molecule has 0 aliphatic heterocycles. The zero-order chi connectivity index (χ0) is 13.1. The Labute approximate surface area is 114 Å². The second kappa shape index (κ2) is 5.57. The summed E-state index contributed by atoms with van der Waals surface area (Å²) in [4.78, 5) is 0. The van der Waals surface area contributed by atoms with E-state index in [1.807, 2.05) is 16.9 Å². The van der Waals surface area contributed by atoms with Crippen LogP contribution in [0.2, 0.25) is 0 Å². The second-order valence-electron chi connectivity index (χ2n) is 5.56. The topological polar surface area (TPSA) is 29.9 Å². The van der Waals surface area contributed by atoms with Crippen LogP contribution in [0.25, 0.3) is 5.69 Å². The van der Waals surface area contributed by atoms with Crippen molar-refractivity contribution in [2.45, 2.75) is 26.3 Å². The standard InChI is InChI=1S/C16H21N3/c1-13(15-5-6-15)11-17-12-14-3-7-16(8-4-14)19-10-2-9-18-19/h2-4,7-10,13,15,17H,5-6,11-12H2,1H3. The van der Waals surface area contributed by atoms with Crippen molar-refractivity contribution in [1.82, 2.24) is 15.1 Å². The van der Waals surface area contributed by atoms with Gasteiger partial charge in [0, 0.05) is 18.9 Å². The number of aromatic nitrogens is 2. The highest BCUT2D eigenvalue weighted by Gasteiger charge is 2.27.